The van der Waals surface area contributed by atoms with Gasteiger partial charge in [0, 0.05) is 49.0 Å². The quantitative estimate of drug-likeness (QED) is 0.606. The molecule has 2 aromatic carbocycles. The topological polar surface area (TPSA) is 70.1 Å². The molecular weight excluding hydrogens is 476 g/mol. The van der Waals surface area contributed by atoms with Gasteiger partial charge in [-0.2, -0.15) is 0 Å². The fourth-order valence-electron chi connectivity index (χ4n) is 5.77. The Morgan fingerprint density at radius 1 is 0.917 bits per heavy atom. The van der Waals surface area contributed by atoms with Gasteiger partial charge in [0.05, 0.1) is 11.5 Å². The highest BCUT2D eigenvalue weighted by molar-refractivity contribution is 6.30. The first-order valence-electron chi connectivity index (χ1n) is 12.7. The van der Waals surface area contributed by atoms with Crippen molar-refractivity contribution in [3.63, 3.8) is 0 Å². The monoisotopic (exact) mass is 512 g/mol. The van der Waals surface area contributed by atoms with Gasteiger partial charge in [0.2, 0.25) is 5.91 Å². The number of nitrogens with zero attached hydrogens (tertiary/aromatic N) is 2. The molecule has 1 N–H and O–H groups in total. The predicted octanol–water partition coefficient (Wildman–Crippen LogP) is 5.29. The molecule has 0 unspecified atom stereocenters. The zero-order valence-electron chi connectivity index (χ0n) is 21.8. The van der Waals surface area contributed by atoms with Gasteiger partial charge in [0.1, 0.15) is 5.60 Å². The molecule has 4 rings (SSSR count). The second-order valence-corrected chi connectivity index (χ2v) is 11.8. The molecule has 194 valence electrons. The summed E-state index contributed by atoms with van der Waals surface area (Å²) in [5.41, 5.74) is 0.233. The second kappa shape index (κ2) is 10.1. The van der Waals surface area contributed by atoms with E-state index < -0.39 is 23.2 Å². The van der Waals surface area contributed by atoms with Crippen LogP contribution >= 0.6 is 11.6 Å². The summed E-state index contributed by atoms with van der Waals surface area (Å²) in [6.07, 6.45) is -0.407. The number of halogens is 1. The number of hydrogen-bond donors (Lipinski definition) is 1. The van der Waals surface area contributed by atoms with Gasteiger partial charge in [-0.1, -0.05) is 67.9 Å². The summed E-state index contributed by atoms with van der Waals surface area (Å²) in [4.78, 5) is 30.4. The van der Waals surface area contributed by atoms with E-state index >= 15 is 0 Å². The smallest absolute Gasteiger partial charge is 0.410 e. The first-order chi connectivity index (χ1) is 16.9. The normalized spacial score (nSPS) is 28.8. The number of carbonyl (C=O) groups is 2. The minimum absolute atomic E-state index is 0.00909. The molecule has 2 heterocycles. The number of aliphatic hydroxyl groups is 1. The third-order valence-electron chi connectivity index (χ3n) is 7.63. The second-order valence-electron chi connectivity index (χ2n) is 11.4. The highest BCUT2D eigenvalue weighted by atomic mass is 35.5. The summed E-state index contributed by atoms with van der Waals surface area (Å²) in [5.74, 6) is -0.853. The number of ether oxygens (including phenoxy) is 1. The molecule has 0 aromatic heterocycles. The average Bonchev–Trinajstić information content (AvgIpc) is 3.27. The van der Waals surface area contributed by atoms with Crippen LogP contribution in [0, 0.1) is 17.8 Å². The summed E-state index contributed by atoms with van der Waals surface area (Å²) in [7, 11) is 0. The van der Waals surface area contributed by atoms with Crippen molar-refractivity contribution < 1.29 is 19.4 Å². The number of piperidine rings is 1. The molecule has 7 heteroatoms. The standard InChI is InChI=1S/C29H37ClN2O4/c1-19-15-31(16-20(2)29(19,35)22-9-7-6-8-10-22)26(33)25-18-32(27(34)36-28(3,4)5)17-24(25)21-11-13-23(30)14-12-21/h6-14,19-20,24-25,35H,15-18H2,1-5H3/t19-,20+,24-,25+,29-/m0/s1. The van der Waals surface area contributed by atoms with Crippen LogP contribution in [0.5, 0.6) is 0 Å². The van der Waals surface area contributed by atoms with E-state index in [1.54, 1.807) is 4.90 Å². The molecule has 2 fully saturated rings. The van der Waals surface area contributed by atoms with Crippen LogP contribution in [0.3, 0.4) is 0 Å². The summed E-state index contributed by atoms with van der Waals surface area (Å²) in [5, 5.41) is 12.3. The van der Waals surface area contributed by atoms with E-state index in [0.717, 1.165) is 11.1 Å². The van der Waals surface area contributed by atoms with Crippen molar-refractivity contribution in [3.05, 3.63) is 70.7 Å². The lowest BCUT2D eigenvalue weighted by molar-refractivity contribution is -0.152. The molecule has 2 amide bonds. The van der Waals surface area contributed by atoms with Crippen molar-refractivity contribution in [1.82, 2.24) is 9.80 Å². The molecule has 5 atom stereocenters. The third kappa shape index (κ3) is 5.25. The van der Waals surface area contributed by atoms with Gasteiger partial charge in [0.15, 0.2) is 0 Å². The number of rotatable bonds is 3. The molecule has 0 saturated carbocycles. The molecular formula is C29H37ClN2O4. The van der Waals surface area contributed by atoms with Gasteiger partial charge in [-0.3, -0.25) is 4.79 Å². The fourth-order valence-corrected chi connectivity index (χ4v) is 5.89. The zero-order chi connectivity index (χ0) is 26.3. The average molecular weight is 513 g/mol. The third-order valence-corrected chi connectivity index (χ3v) is 7.88. The first-order valence-corrected chi connectivity index (χ1v) is 13.1. The Kier molecular flexibility index (Phi) is 7.40. The lowest BCUT2D eigenvalue weighted by Crippen LogP contribution is -2.57. The zero-order valence-corrected chi connectivity index (χ0v) is 22.5. The Labute approximate surface area is 219 Å². The van der Waals surface area contributed by atoms with E-state index in [1.165, 1.54) is 0 Å². The Morgan fingerprint density at radius 2 is 1.50 bits per heavy atom. The Balaban J connectivity index is 1.57. The summed E-state index contributed by atoms with van der Waals surface area (Å²) < 4.78 is 5.62. The number of benzene rings is 2. The largest absolute Gasteiger partial charge is 0.444 e. The van der Waals surface area contributed by atoms with Crippen molar-refractivity contribution in [1.29, 1.82) is 0 Å². The molecule has 2 aliphatic heterocycles. The van der Waals surface area contributed by atoms with Crippen LogP contribution in [0.15, 0.2) is 54.6 Å². The Bertz CT molecular complexity index is 1070. The molecule has 0 radical (unpaired) electrons. The van der Waals surface area contributed by atoms with E-state index in [9.17, 15) is 14.7 Å². The van der Waals surface area contributed by atoms with Crippen molar-refractivity contribution >= 4 is 23.6 Å². The van der Waals surface area contributed by atoms with Crippen LogP contribution in [0.4, 0.5) is 4.79 Å². The fraction of sp³-hybridized carbons (Fsp3) is 0.517. The molecule has 6 nitrogen and oxygen atoms in total. The van der Waals surface area contributed by atoms with Crippen LogP contribution in [-0.2, 0) is 15.1 Å². The number of amides is 2. The van der Waals surface area contributed by atoms with Gasteiger partial charge >= 0.3 is 6.09 Å². The highest BCUT2D eigenvalue weighted by Gasteiger charge is 2.49. The molecule has 0 aliphatic carbocycles. The maximum atomic E-state index is 14.0. The minimum atomic E-state index is -1.01. The van der Waals surface area contributed by atoms with E-state index in [0.29, 0.717) is 31.2 Å². The van der Waals surface area contributed by atoms with Gasteiger partial charge in [0.25, 0.3) is 0 Å². The lowest BCUT2D eigenvalue weighted by atomic mass is 9.70. The Hall–Kier alpha value is -2.57. The summed E-state index contributed by atoms with van der Waals surface area (Å²) in [6, 6.07) is 17.2. The summed E-state index contributed by atoms with van der Waals surface area (Å²) in [6.45, 7) is 11.1. The van der Waals surface area contributed by atoms with Gasteiger partial charge in [-0.05, 0) is 44.0 Å². The number of carbonyl (C=O) groups excluding carboxylic acids is 2. The van der Waals surface area contributed by atoms with Crippen LogP contribution in [0.25, 0.3) is 0 Å². The number of hydrogen-bond acceptors (Lipinski definition) is 4. The van der Waals surface area contributed by atoms with Crippen LogP contribution in [-0.4, -0.2) is 58.7 Å². The summed E-state index contributed by atoms with van der Waals surface area (Å²) >= 11 is 6.12. The van der Waals surface area contributed by atoms with Gasteiger partial charge < -0.3 is 19.6 Å². The van der Waals surface area contributed by atoms with Crippen molar-refractivity contribution in [3.8, 4) is 0 Å². The molecule has 0 spiro atoms. The van der Waals surface area contributed by atoms with Gasteiger partial charge in [-0.15, -0.1) is 0 Å². The van der Waals surface area contributed by atoms with E-state index in [1.807, 2.05) is 94.1 Å². The van der Waals surface area contributed by atoms with E-state index in [2.05, 4.69) is 0 Å². The highest BCUT2D eigenvalue weighted by Crippen LogP contribution is 2.43. The van der Waals surface area contributed by atoms with Crippen LogP contribution < -0.4 is 0 Å². The Morgan fingerprint density at radius 3 is 2.06 bits per heavy atom. The predicted molar refractivity (Wildman–Crippen MR) is 141 cm³/mol. The van der Waals surface area contributed by atoms with Crippen molar-refractivity contribution in [2.24, 2.45) is 17.8 Å². The molecule has 2 aliphatic rings. The van der Waals surface area contributed by atoms with Crippen molar-refractivity contribution in [2.75, 3.05) is 26.2 Å². The minimum Gasteiger partial charge on any atom is -0.444 e. The van der Waals surface area contributed by atoms with Crippen molar-refractivity contribution in [2.45, 2.75) is 51.7 Å². The molecule has 2 aromatic rings. The molecule has 2 saturated heterocycles. The SMILES string of the molecule is C[C@@H]1CN(C(=O)[C@@H]2CN(C(=O)OC(C)(C)C)C[C@H]2c2ccc(Cl)cc2)C[C@H](C)[C@@]1(O)c1ccccc1. The van der Waals surface area contributed by atoms with E-state index in [4.69, 9.17) is 16.3 Å². The van der Waals surface area contributed by atoms with E-state index in [-0.39, 0.29) is 23.7 Å². The van der Waals surface area contributed by atoms with Crippen LogP contribution in [0.2, 0.25) is 5.02 Å². The lowest BCUT2D eigenvalue weighted by Gasteiger charge is -2.48. The molecule has 0 bridgehead atoms. The maximum absolute atomic E-state index is 14.0. The maximum Gasteiger partial charge on any atom is 0.410 e. The first kappa shape index (κ1) is 26.5. The number of likely N-dealkylation sites (tertiary alicyclic amines) is 2. The molecule has 36 heavy (non-hydrogen) atoms. The van der Waals surface area contributed by atoms with Gasteiger partial charge in [-0.25, -0.2) is 4.79 Å². The van der Waals surface area contributed by atoms with Crippen LogP contribution in [0.1, 0.15) is 51.7 Å².